The number of nitrogens with zero attached hydrogens (tertiary/aromatic N) is 1. The second kappa shape index (κ2) is 7.82. The minimum atomic E-state index is -0.663. The molecule has 0 aliphatic carbocycles. The third-order valence-corrected chi connectivity index (χ3v) is 5.63. The van der Waals surface area contributed by atoms with Crippen molar-refractivity contribution in [1.29, 1.82) is 0 Å². The summed E-state index contributed by atoms with van der Waals surface area (Å²) >= 11 is 6.22. The highest BCUT2D eigenvalue weighted by Gasteiger charge is 2.25. The Morgan fingerprint density at radius 2 is 2.04 bits per heavy atom. The second-order valence-electron chi connectivity index (χ2n) is 8.41. The molecule has 1 aromatic heterocycles. The van der Waals surface area contributed by atoms with E-state index in [1.165, 1.54) is 0 Å². The number of rotatable bonds is 6. The molecule has 3 rings (SSSR count). The fraction of sp³-hybridized carbons (Fsp3) is 0.571. The van der Waals surface area contributed by atoms with Crippen LogP contribution in [0.5, 0.6) is 0 Å². The summed E-state index contributed by atoms with van der Waals surface area (Å²) in [6.07, 6.45) is 3.45. The molecule has 2 aromatic rings. The molecule has 1 aromatic carbocycles. The van der Waals surface area contributed by atoms with Gasteiger partial charge in [0.2, 0.25) is 0 Å². The predicted molar refractivity (Wildman–Crippen MR) is 109 cm³/mol. The maximum Gasteiger partial charge on any atom is 0.166 e. The van der Waals surface area contributed by atoms with Gasteiger partial charge in [-0.05, 0) is 71.2 Å². The van der Waals surface area contributed by atoms with E-state index < -0.39 is 5.60 Å². The Balaban J connectivity index is 1.61. The molecule has 0 amide bonds. The number of piperidine rings is 1. The standard InChI is InChI=1S/C21H29ClN2O3/c1-13-10-16-19(23)17(22)11-15(20(16)27-13)18(25)5-4-14-6-8-24(9-7-14)12-21(2,3)26/h10-11,14,26H,4-9,12,23H2,1-3H3. The number of ketones is 1. The first kappa shape index (κ1) is 20.2. The van der Waals surface area contributed by atoms with Gasteiger partial charge in [-0.15, -0.1) is 0 Å². The molecule has 1 aliphatic rings. The molecular weight excluding hydrogens is 364 g/mol. The van der Waals surface area contributed by atoms with Gasteiger partial charge < -0.3 is 20.2 Å². The molecule has 2 heterocycles. The van der Waals surface area contributed by atoms with E-state index in [2.05, 4.69) is 4.90 Å². The number of benzene rings is 1. The number of nitrogen functional groups attached to an aromatic ring is 1. The fourth-order valence-electron chi connectivity index (χ4n) is 3.97. The molecular formula is C21H29ClN2O3. The van der Waals surface area contributed by atoms with E-state index in [-0.39, 0.29) is 5.78 Å². The number of nitrogens with two attached hydrogens (primary N) is 1. The molecule has 0 unspecified atom stereocenters. The van der Waals surface area contributed by atoms with E-state index in [9.17, 15) is 9.90 Å². The number of anilines is 1. The topological polar surface area (TPSA) is 79.7 Å². The SMILES string of the molecule is Cc1cc2c(N)c(Cl)cc(C(=O)CCC3CCN(CC(C)(C)O)CC3)c2o1. The number of aliphatic hydroxyl groups is 1. The van der Waals surface area contributed by atoms with Gasteiger partial charge in [0.25, 0.3) is 0 Å². The Morgan fingerprint density at radius 3 is 2.67 bits per heavy atom. The van der Waals surface area contributed by atoms with E-state index in [1.54, 1.807) is 6.07 Å². The summed E-state index contributed by atoms with van der Waals surface area (Å²) in [5, 5.41) is 11.1. The van der Waals surface area contributed by atoms with Gasteiger partial charge in [0.15, 0.2) is 5.78 Å². The molecule has 6 heteroatoms. The summed E-state index contributed by atoms with van der Waals surface area (Å²) in [6.45, 7) is 8.15. The molecule has 1 saturated heterocycles. The van der Waals surface area contributed by atoms with Crippen molar-refractivity contribution >= 4 is 34.0 Å². The number of carbonyl (C=O) groups is 1. The van der Waals surface area contributed by atoms with Gasteiger partial charge in [-0.25, -0.2) is 0 Å². The van der Waals surface area contributed by atoms with Crippen LogP contribution in [0.3, 0.4) is 0 Å². The Hall–Kier alpha value is -1.56. The van der Waals surface area contributed by atoms with Crippen molar-refractivity contribution in [3.63, 3.8) is 0 Å². The second-order valence-corrected chi connectivity index (χ2v) is 8.82. The first-order valence-electron chi connectivity index (χ1n) is 9.60. The number of furan rings is 1. The molecule has 0 atom stereocenters. The quantitative estimate of drug-likeness (QED) is 0.561. The summed E-state index contributed by atoms with van der Waals surface area (Å²) in [5.41, 5.74) is 6.88. The first-order valence-corrected chi connectivity index (χ1v) is 9.98. The number of fused-ring (bicyclic) bond motifs is 1. The van der Waals surface area contributed by atoms with Crippen molar-refractivity contribution < 1.29 is 14.3 Å². The number of hydrogen-bond acceptors (Lipinski definition) is 5. The zero-order valence-corrected chi connectivity index (χ0v) is 17.1. The Kier molecular flexibility index (Phi) is 5.84. The summed E-state index contributed by atoms with van der Waals surface area (Å²) in [4.78, 5) is 15.1. The molecule has 0 bridgehead atoms. The Labute approximate surface area is 165 Å². The molecule has 148 valence electrons. The van der Waals surface area contributed by atoms with E-state index >= 15 is 0 Å². The minimum absolute atomic E-state index is 0.0511. The number of carbonyl (C=O) groups excluding carboxylic acids is 1. The van der Waals surface area contributed by atoms with Crippen molar-refractivity contribution in [1.82, 2.24) is 4.90 Å². The summed E-state index contributed by atoms with van der Waals surface area (Å²) < 4.78 is 5.72. The lowest BCUT2D eigenvalue weighted by atomic mass is 9.89. The number of β-amino-alcohol motifs (C(OH)–C–C–N with tert-alkyl or cyclic N) is 1. The van der Waals surface area contributed by atoms with Gasteiger partial charge in [-0.2, -0.15) is 0 Å². The van der Waals surface area contributed by atoms with Crippen molar-refractivity contribution in [2.45, 2.75) is 52.1 Å². The number of aryl methyl sites for hydroxylation is 1. The van der Waals surface area contributed by atoms with Crippen LogP contribution in [-0.2, 0) is 0 Å². The average molecular weight is 393 g/mol. The van der Waals surface area contributed by atoms with Crippen LogP contribution in [0.2, 0.25) is 5.02 Å². The van der Waals surface area contributed by atoms with E-state index in [4.69, 9.17) is 21.8 Å². The summed E-state index contributed by atoms with van der Waals surface area (Å²) in [5.74, 6) is 1.30. The zero-order chi connectivity index (χ0) is 19.8. The van der Waals surface area contributed by atoms with Gasteiger partial charge in [0, 0.05) is 18.4 Å². The monoisotopic (exact) mass is 392 g/mol. The average Bonchev–Trinajstić information content (AvgIpc) is 2.98. The van der Waals surface area contributed by atoms with E-state index in [0.29, 0.717) is 51.9 Å². The lowest BCUT2D eigenvalue weighted by molar-refractivity contribution is 0.0239. The third-order valence-electron chi connectivity index (χ3n) is 5.32. The van der Waals surface area contributed by atoms with Crippen molar-refractivity contribution in [3.05, 3.63) is 28.5 Å². The molecule has 1 aliphatic heterocycles. The lowest BCUT2D eigenvalue weighted by Gasteiger charge is -2.35. The summed E-state index contributed by atoms with van der Waals surface area (Å²) in [6, 6.07) is 3.46. The van der Waals surface area contributed by atoms with Crippen molar-refractivity contribution in [2.24, 2.45) is 5.92 Å². The molecule has 0 saturated carbocycles. The van der Waals surface area contributed by atoms with Crippen LogP contribution in [0.15, 0.2) is 16.5 Å². The molecule has 27 heavy (non-hydrogen) atoms. The Bertz CT molecular complexity index is 830. The summed E-state index contributed by atoms with van der Waals surface area (Å²) in [7, 11) is 0. The third kappa shape index (κ3) is 4.84. The highest BCUT2D eigenvalue weighted by atomic mass is 35.5. The predicted octanol–water partition coefficient (Wildman–Crippen LogP) is 4.42. The highest BCUT2D eigenvalue weighted by molar-refractivity contribution is 6.35. The van der Waals surface area contributed by atoms with E-state index in [0.717, 1.165) is 32.4 Å². The van der Waals surface area contributed by atoms with Crippen LogP contribution in [0.25, 0.3) is 11.0 Å². The van der Waals surface area contributed by atoms with Gasteiger partial charge >= 0.3 is 0 Å². The number of halogens is 1. The zero-order valence-electron chi connectivity index (χ0n) is 16.3. The minimum Gasteiger partial charge on any atom is -0.461 e. The fourth-order valence-corrected chi connectivity index (χ4v) is 4.18. The van der Waals surface area contributed by atoms with Crippen LogP contribution >= 0.6 is 11.6 Å². The molecule has 1 fully saturated rings. The molecule has 0 radical (unpaired) electrons. The van der Waals surface area contributed by atoms with Gasteiger partial charge in [0.05, 0.1) is 21.9 Å². The number of likely N-dealkylation sites (tertiary alicyclic amines) is 1. The normalized spacial score (nSPS) is 16.9. The van der Waals surface area contributed by atoms with E-state index in [1.807, 2.05) is 26.8 Å². The van der Waals surface area contributed by atoms with Gasteiger partial charge in [-0.3, -0.25) is 4.79 Å². The maximum absolute atomic E-state index is 12.8. The van der Waals surface area contributed by atoms with Gasteiger partial charge in [-0.1, -0.05) is 11.6 Å². The van der Waals surface area contributed by atoms with Crippen LogP contribution < -0.4 is 5.73 Å². The maximum atomic E-state index is 12.8. The number of hydrogen-bond donors (Lipinski definition) is 2. The number of Topliss-reactive ketones (excluding diaryl/α,β-unsaturated/α-hetero) is 1. The Morgan fingerprint density at radius 1 is 1.37 bits per heavy atom. The smallest absolute Gasteiger partial charge is 0.166 e. The largest absolute Gasteiger partial charge is 0.461 e. The van der Waals surface area contributed by atoms with Crippen LogP contribution in [0.1, 0.15) is 55.6 Å². The molecule has 0 spiro atoms. The molecule has 5 nitrogen and oxygen atoms in total. The van der Waals surface area contributed by atoms with Gasteiger partial charge in [0.1, 0.15) is 11.3 Å². The van der Waals surface area contributed by atoms with Crippen LogP contribution in [-0.4, -0.2) is 41.0 Å². The van der Waals surface area contributed by atoms with Crippen LogP contribution in [0.4, 0.5) is 5.69 Å². The first-order chi connectivity index (χ1) is 12.6. The van der Waals surface area contributed by atoms with Crippen molar-refractivity contribution in [2.75, 3.05) is 25.4 Å². The lowest BCUT2D eigenvalue weighted by Crippen LogP contribution is -2.42. The molecule has 3 N–H and O–H groups in total. The highest BCUT2D eigenvalue weighted by Crippen LogP contribution is 2.35. The van der Waals surface area contributed by atoms with Crippen LogP contribution in [0, 0.1) is 12.8 Å². The van der Waals surface area contributed by atoms with Crippen molar-refractivity contribution in [3.8, 4) is 0 Å².